The maximum Gasteiger partial charge on any atom is 0.344 e. The predicted octanol–water partition coefficient (Wildman–Crippen LogP) is 3.21. The van der Waals surface area contributed by atoms with Crippen molar-refractivity contribution in [1.29, 1.82) is 0 Å². The third-order valence-corrected chi connectivity index (χ3v) is 5.61. The van der Waals surface area contributed by atoms with Gasteiger partial charge in [-0.2, -0.15) is 5.10 Å². The van der Waals surface area contributed by atoms with Gasteiger partial charge in [0.25, 0.3) is 0 Å². The van der Waals surface area contributed by atoms with Crippen molar-refractivity contribution in [3.05, 3.63) is 70.0 Å². The quantitative estimate of drug-likeness (QED) is 0.638. The molecule has 31 heavy (non-hydrogen) atoms. The Morgan fingerprint density at radius 3 is 2.61 bits per heavy atom. The number of rotatable bonds is 6. The molecule has 3 aromatic rings. The van der Waals surface area contributed by atoms with Gasteiger partial charge in [-0.25, -0.2) is 9.31 Å². The Bertz CT molecular complexity index is 1220. The number of allylic oxidation sites excluding steroid dienone is 1. The highest BCUT2D eigenvalue weighted by molar-refractivity contribution is 6.22. The number of amides is 1. The summed E-state index contributed by atoms with van der Waals surface area (Å²) >= 11 is 0. The molecule has 2 heterocycles. The van der Waals surface area contributed by atoms with E-state index in [-0.39, 0.29) is 0 Å². The van der Waals surface area contributed by atoms with Gasteiger partial charge in [0.2, 0.25) is 5.91 Å². The van der Waals surface area contributed by atoms with Crippen LogP contribution in [0.4, 0.5) is 0 Å². The van der Waals surface area contributed by atoms with Gasteiger partial charge in [-0.05, 0) is 44.7 Å². The number of carboxylic acid groups (broad SMARTS) is 1. The molecule has 0 aliphatic heterocycles. The number of nitrogens with zero attached hydrogens (tertiary/aromatic N) is 2. The number of aryl methyl sites for hydroxylation is 2. The van der Waals surface area contributed by atoms with Crippen LogP contribution in [0.1, 0.15) is 47.0 Å². The molecule has 1 unspecified atom stereocenters. The van der Waals surface area contributed by atoms with Gasteiger partial charge in [0.05, 0.1) is 11.4 Å². The third-order valence-electron chi connectivity index (χ3n) is 5.61. The van der Waals surface area contributed by atoms with Crippen molar-refractivity contribution in [3.8, 4) is 5.75 Å². The fourth-order valence-corrected chi connectivity index (χ4v) is 4.10. The van der Waals surface area contributed by atoms with Crippen molar-refractivity contribution in [1.82, 2.24) is 9.61 Å². The second kappa shape index (κ2) is 7.91. The topological polar surface area (TPSA) is 107 Å². The first-order chi connectivity index (χ1) is 14.8. The number of nitrogens with two attached hydrogens (primary N) is 1. The summed E-state index contributed by atoms with van der Waals surface area (Å²) in [4.78, 5) is 23.7. The van der Waals surface area contributed by atoms with E-state index < -0.39 is 18.0 Å². The maximum absolute atomic E-state index is 12.3. The lowest BCUT2D eigenvalue weighted by atomic mass is 9.90. The molecule has 4 rings (SSSR count). The Labute approximate surface area is 180 Å². The highest BCUT2D eigenvalue weighted by Gasteiger charge is 2.29. The molecule has 1 atom stereocenters. The summed E-state index contributed by atoms with van der Waals surface area (Å²) in [6.07, 6.45) is 2.84. The molecular weight excluding hydrogens is 394 g/mol. The maximum atomic E-state index is 12.3. The zero-order valence-corrected chi connectivity index (χ0v) is 17.8. The lowest BCUT2D eigenvalue weighted by Gasteiger charge is -2.15. The third kappa shape index (κ3) is 3.79. The summed E-state index contributed by atoms with van der Waals surface area (Å²) < 4.78 is 7.60. The van der Waals surface area contributed by atoms with Crippen LogP contribution in [0.15, 0.2) is 36.4 Å². The molecule has 0 saturated carbocycles. The molecule has 1 aliphatic rings. The van der Waals surface area contributed by atoms with Gasteiger partial charge in [-0.3, -0.25) is 4.79 Å². The van der Waals surface area contributed by atoms with E-state index in [4.69, 9.17) is 15.6 Å². The Morgan fingerprint density at radius 1 is 1.26 bits per heavy atom. The van der Waals surface area contributed by atoms with Crippen molar-refractivity contribution in [2.45, 2.75) is 46.1 Å². The van der Waals surface area contributed by atoms with E-state index in [2.05, 4.69) is 24.3 Å². The first-order valence-corrected chi connectivity index (χ1v) is 10.3. The van der Waals surface area contributed by atoms with Gasteiger partial charge >= 0.3 is 5.97 Å². The lowest BCUT2D eigenvalue weighted by molar-refractivity contribution is -0.144. The van der Waals surface area contributed by atoms with E-state index in [1.54, 1.807) is 10.6 Å². The van der Waals surface area contributed by atoms with Crippen molar-refractivity contribution in [2.24, 2.45) is 5.73 Å². The molecule has 1 aliphatic carbocycles. The lowest BCUT2D eigenvalue weighted by Crippen LogP contribution is -2.23. The average Bonchev–Trinajstić information content (AvgIpc) is 3.03. The van der Waals surface area contributed by atoms with Crippen LogP contribution in [0.5, 0.6) is 5.75 Å². The van der Waals surface area contributed by atoms with Crippen molar-refractivity contribution < 1.29 is 19.4 Å². The Balaban J connectivity index is 1.99. The highest BCUT2D eigenvalue weighted by Crippen LogP contribution is 2.39. The number of carboxylic acids is 1. The first kappa shape index (κ1) is 20.7. The molecule has 0 radical (unpaired) electrons. The molecular formula is C24H25N3O4. The van der Waals surface area contributed by atoms with E-state index in [1.807, 2.05) is 19.9 Å². The summed E-state index contributed by atoms with van der Waals surface area (Å²) in [7, 11) is 0. The molecule has 2 aromatic heterocycles. The van der Waals surface area contributed by atoms with Crippen LogP contribution >= 0.6 is 0 Å². The highest BCUT2D eigenvalue weighted by atomic mass is 16.5. The van der Waals surface area contributed by atoms with Crippen LogP contribution in [-0.4, -0.2) is 32.7 Å². The molecule has 0 fully saturated rings. The molecule has 3 N–H and O–H groups in total. The van der Waals surface area contributed by atoms with Crippen molar-refractivity contribution in [2.75, 3.05) is 0 Å². The molecule has 1 amide bonds. The summed E-state index contributed by atoms with van der Waals surface area (Å²) in [5.74, 6) is -1.21. The molecule has 0 bridgehead atoms. The number of hydrogen-bond donors (Lipinski definition) is 2. The fourth-order valence-electron chi connectivity index (χ4n) is 4.10. The van der Waals surface area contributed by atoms with Gasteiger partial charge in [-0.1, -0.05) is 35.9 Å². The van der Waals surface area contributed by atoms with Gasteiger partial charge in [0.1, 0.15) is 11.3 Å². The van der Waals surface area contributed by atoms with E-state index in [1.165, 1.54) is 12.5 Å². The summed E-state index contributed by atoms with van der Waals surface area (Å²) in [6, 6.07) is 9.99. The fraction of sp³-hybridized carbons (Fsp3) is 0.292. The van der Waals surface area contributed by atoms with Crippen LogP contribution in [0, 0.1) is 13.8 Å². The average molecular weight is 419 g/mol. The van der Waals surface area contributed by atoms with E-state index in [0.29, 0.717) is 40.9 Å². The second-order valence-corrected chi connectivity index (χ2v) is 7.99. The Kier molecular flexibility index (Phi) is 5.27. The largest absolute Gasteiger partial charge is 0.479 e. The van der Waals surface area contributed by atoms with Crippen LogP contribution in [0.3, 0.4) is 0 Å². The second-order valence-electron chi connectivity index (χ2n) is 7.99. The molecule has 0 saturated heterocycles. The first-order valence-electron chi connectivity index (χ1n) is 10.3. The standard InChI is InChI=1S/C24H25N3O4/c1-13-7-9-16(10-8-13)12-19-17-5-4-6-18(23(25)28)21(17)22-20(31-15(3)24(29)30)11-14(2)26-27(19)22/h6-11,15H,4-5,12H2,1-3H3,(H2,25,28)(H,29,30). The van der Waals surface area contributed by atoms with Gasteiger partial charge < -0.3 is 15.6 Å². The van der Waals surface area contributed by atoms with Crippen molar-refractivity contribution in [3.63, 3.8) is 0 Å². The summed E-state index contributed by atoms with van der Waals surface area (Å²) in [6.45, 7) is 5.35. The van der Waals surface area contributed by atoms with Crippen molar-refractivity contribution >= 4 is 23.0 Å². The number of aromatic nitrogens is 2. The number of benzene rings is 1. The number of hydrogen-bond acceptors (Lipinski definition) is 4. The number of ether oxygens (including phenoxy) is 1. The number of carbonyl (C=O) groups excluding carboxylic acids is 1. The molecule has 7 nitrogen and oxygen atoms in total. The number of fused-ring (bicyclic) bond motifs is 3. The number of primary amides is 1. The van der Waals surface area contributed by atoms with Crippen LogP contribution in [0.2, 0.25) is 0 Å². The predicted molar refractivity (Wildman–Crippen MR) is 117 cm³/mol. The Hall–Kier alpha value is -3.61. The van der Waals surface area contributed by atoms with Crippen LogP contribution in [-0.2, 0) is 22.4 Å². The minimum atomic E-state index is -1.07. The minimum absolute atomic E-state index is 0.378. The summed E-state index contributed by atoms with van der Waals surface area (Å²) in [5, 5.41) is 14.1. The van der Waals surface area contributed by atoms with Crippen LogP contribution in [0.25, 0.3) is 11.1 Å². The van der Waals surface area contributed by atoms with Crippen LogP contribution < -0.4 is 10.5 Å². The SMILES string of the molecule is Cc1ccc(Cc2c3c(c4c(OC(C)C(=O)O)cc(C)nn24)C(C(N)=O)=CCC3)cc1. The smallest absolute Gasteiger partial charge is 0.344 e. The van der Waals surface area contributed by atoms with Gasteiger partial charge in [0.15, 0.2) is 6.10 Å². The molecule has 0 spiro atoms. The zero-order chi connectivity index (χ0) is 22.3. The molecule has 1 aromatic carbocycles. The van der Waals surface area contributed by atoms with E-state index in [9.17, 15) is 14.7 Å². The molecule has 7 heteroatoms. The van der Waals surface area contributed by atoms with Gasteiger partial charge in [-0.15, -0.1) is 0 Å². The Morgan fingerprint density at radius 2 is 1.97 bits per heavy atom. The zero-order valence-electron chi connectivity index (χ0n) is 17.8. The van der Waals surface area contributed by atoms with E-state index >= 15 is 0 Å². The van der Waals surface area contributed by atoms with Gasteiger partial charge in [0, 0.05) is 23.6 Å². The van der Waals surface area contributed by atoms with E-state index in [0.717, 1.165) is 23.2 Å². The molecule has 160 valence electrons. The normalized spacial score (nSPS) is 14.1. The monoisotopic (exact) mass is 419 g/mol. The number of carbonyl (C=O) groups is 2. The summed E-state index contributed by atoms with van der Waals surface area (Å²) in [5.41, 5.74) is 12.3. The number of aliphatic carboxylic acids is 1. The minimum Gasteiger partial charge on any atom is -0.479 e.